The molecule has 2 aromatic rings. The number of hydrogen-bond donors (Lipinski definition) is 2. The van der Waals surface area contributed by atoms with E-state index in [1.807, 2.05) is 24.3 Å². The molecule has 134 valence electrons. The summed E-state index contributed by atoms with van der Waals surface area (Å²) < 4.78 is 25.5. The molecule has 0 bridgehead atoms. The lowest BCUT2D eigenvalue weighted by Gasteiger charge is -2.14. The highest BCUT2D eigenvalue weighted by Crippen LogP contribution is 2.18. The fourth-order valence-electron chi connectivity index (χ4n) is 2.13. The van der Waals surface area contributed by atoms with Crippen molar-refractivity contribution in [2.45, 2.75) is 11.3 Å². The van der Waals surface area contributed by atoms with Gasteiger partial charge in [-0.3, -0.25) is 0 Å². The molecule has 25 heavy (non-hydrogen) atoms. The zero-order valence-electron chi connectivity index (χ0n) is 14.0. The van der Waals surface area contributed by atoms with Gasteiger partial charge in [0.2, 0.25) is 10.0 Å². The van der Waals surface area contributed by atoms with Crippen molar-refractivity contribution in [2.24, 2.45) is 0 Å². The third kappa shape index (κ3) is 5.67. The Kier molecular flexibility index (Phi) is 6.78. The highest BCUT2D eigenvalue weighted by atomic mass is 35.5. The summed E-state index contributed by atoms with van der Waals surface area (Å²) in [4.78, 5) is 0.212. The smallest absolute Gasteiger partial charge is 0.242 e. The van der Waals surface area contributed by atoms with Crippen LogP contribution in [0, 0.1) is 0 Å². The average Bonchev–Trinajstić information content (AvgIpc) is 2.55. The zero-order valence-corrected chi connectivity index (χ0v) is 16.4. The monoisotopic (exact) mass is 397 g/mol. The minimum atomic E-state index is -3.48. The first-order valence-corrected chi connectivity index (χ1v) is 9.83. The average molecular weight is 398 g/mol. The molecule has 0 aliphatic rings. The lowest BCUT2D eigenvalue weighted by Crippen LogP contribution is -2.30. The Hall–Kier alpha value is -1.67. The largest absolute Gasteiger partial charge is 0.362 e. The summed E-state index contributed by atoms with van der Waals surface area (Å²) in [5.41, 5.74) is 1.73. The molecule has 8 heteroatoms. The van der Waals surface area contributed by atoms with Gasteiger partial charge in [-0.05, 0) is 54.5 Å². The van der Waals surface area contributed by atoms with Gasteiger partial charge >= 0.3 is 0 Å². The number of rotatable bonds is 6. The van der Waals surface area contributed by atoms with Crippen molar-refractivity contribution in [2.75, 3.05) is 26.0 Å². The molecule has 0 aliphatic heterocycles. The second kappa shape index (κ2) is 8.62. The summed E-state index contributed by atoms with van der Waals surface area (Å²) in [7, 11) is -0.480. The highest BCUT2D eigenvalue weighted by molar-refractivity contribution is 7.89. The Balaban J connectivity index is 1.92. The number of nitrogens with zero attached hydrogens (tertiary/aromatic N) is 1. The van der Waals surface area contributed by atoms with Crippen LogP contribution in [-0.4, -0.2) is 38.5 Å². The van der Waals surface area contributed by atoms with E-state index in [1.54, 1.807) is 24.3 Å². The molecule has 0 amide bonds. The van der Waals surface area contributed by atoms with E-state index in [4.69, 9.17) is 23.8 Å². The van der Waals surface area contributed by atoms with Crippen LogP contribution in [0.1, 0.15) is 5.56 Å². The van der Waals surface area contributed by atoms with Crippen LogP contribution in [0.3, 0.4) is 0 Å². The molecule has 0 saturated heterocycles. The van der Waals surface area contributed by atoms with Gasteiger partial charge in [-0.15, -0.1) is 0 Å². The van der Waals surface area contributed by atoms with Gasteiger partial charge in [-0.2, -0.15) is 0 Å². The van der Waals surface area contributed by atoms with Crippen LogP contribution in [0.5, 0.6) is 0 Å². The fraction of sp³-hybridized carbons (Fsp3) is 0.235. The second-order valence-electron chi connectivity index (χ2n) is 5.58. The lowest BCUT2D eigenvalue weighted by atomic mass is 10.1. The van der Waals surface area contributed by atoms with E-state index in [0.29, 0.717) is 22.4 Å². The molecule has 2 N–H and O–H groups in total. The van der Waals surface area contributed by atoms with E-state index in [2.05, 4.69) is 10.6 Å². The lowest BCUT2D eigenvalue weighted by molar-refractivity contribution is 0.521. The number of sulfonamides is 1. The number of hydrogen-bond acceptors (Lipinski definition) is 3. The highest BCUT2D eigenvalue weighted by Gasteiger charge is 2.17. The molecule has 0 aromatic heterocycles. The van der Waals surface area contributed by atoms with Gasteiger partial charge < -0.3 is 10.6 Å². The van der Waals surface area contributed by atoms with Crippen molar-refractivity contribution in [3.8, 4) is 0 Å². The van der Waals surface area contributed by atoms with Gasteiger partial charge in [0.15, 0.2) is 5.11 Å². The predicted octanol–water partition coefficient (Wildman–Crippen LogP) is 3.12. The van der Waals surface area contributed by atoms with Crippen molar-refractivity contribution in [3.63, 3.8) is 0 Å². The van der Waals surface area contributed by atoms with Crippen LogP contribution in [0.2, 0.25) is 5.02 Å². The Morgan fingerprint density at radius 3 is 2.56 bits per heavy atom. The Morgan fingerprint density at radius 1 is 1.16 bits per heavy atom. The van der Waals surface area contributed by atoms with Crippen molar-refractivity contribution in [1.29, 1.82) is 0 Å². The molecule has 0 atom stereocenters. The molecule has 0 saturated carbocycles. The van der Waals surface area contributed by atoms with Crippen LogP contribution >= 0.6 is 23.8 Å². The first-order valence-electron chi connectivity index (χ1n) is 7.61. The fourth-order valence-corrected chi connectivity index (χ4v) is 3.51. The molecule has 2 rings (SSSR count). The van der Waals surface area contributed by atoms with E-state index in [1.165, 1.54) is 18.4 Å². The molecule has 0 radical (unpaired) electrons. The molecule has 0 heterocycles. The number of nitrogens with one attached hydrogen (secondary N) is 2. The third-order valence-electron chi connectivity index (χ3n) is 3.46. The van der Waals surface area contributed by atoms with E-state index >= 15 is 0 Å². The van der Waals surface area contributed by atoms with E-state index < -0.39 is 10.0 Å². The first-order chi connectivity index (χ1) is 11.8. The molecule has 2 aromatic carbocycles. The number of thiocarbonyl (C=S) groups is 1. The third-order valence-corrected chi connectivity index (χ3v) is 5.75. The van der Waals surface area contributed by atoms with Gasteiger partial charge in [-0.25, -0.2) is 12.7 Å². The van der Waals surface area contributed by atoms with Crippen LogP contribution in [-0.2, 0) is 16.4 Å². The molecule has 0 unspecified atom stereocenters. The summed E-state index contributed by atoms with van der Waals surface area (Å²) in [6.07, 6.45) is 0.775. The van der Waals surface area contributed by atoms with E-state index in [-0.39, 0.29) is 4.90 Å². The van der Waals surface area contributed by atoms with Gasteiger partial charge in [0.1, 0.15) is 0 Å². The maximum absolute atomic E-state index is 12.2. The number of halogens is 1. The normalized spacial score (nSPS) is 11.4. The minimum Gasteiger partial charge on any atom is -0.362 e. The molecule has 0 spiro atoms. The Morgan fingerprint density at radius 2 is 1.88 bits per heavy atom. The predicted molar refractivity (Wildman–Crippen MR) is 107 cm³/mol. The summed E-state index contributed by atoms with van der Waals surface area (Å²) >= 11 is 11.2. The topological polar surface area (TPSA) is 61.4 Å². The number of anilines is 1. The standard InChI is InChI=1S/C17H20ClN3O2S2/c1-21(2)25(22,23)16-8-4-7-15(12-16)20-17(24)19-10-9-13-5-3-6-14(18)11-13/h3-8,11-12H,9-10H2,1-2H3,(H2,19,20,24). The number of benzene rings is 2. The van der Waals surface area contributed by atoms with Crippen LogP contribution in [0.4, 0.5) is 5.69 Å². The van der Waals surface area contributed by atoms with Gasteiger partial charge in [0, 0.05) is 31.4 Å². The zero-order chi connectivity index (χ0) is 18.4. The van der Waals surface area contributed by atoms with Gasteiger partial charge in [0.05, 0.1) is 4.90 Å². The van der Waals surface area contributed by atoms with E-state index in [0.717, 1.165) is 12.0 Å². The molecule has 5 nitrogen and oxygen atoms in total. The van der Waals surface area contributed by atoms with Crippen molar-refractivity contribution in [1.82, 2.24) is 9.62 Å². The van der Waals surface area contributed by atoms with Crippen LogP contribution in [0.25, 0.3) is 0 Å². The van der Waals surface area contributed by atoms with Crippen LogP contribution in [0.15, 0.2) is 53.4 Å². The molecule has 0 aliphatic carbocycles. The van der Waals surface area contributed by atoms with Gasteiger partial charge in [0.25, 0.3) is 0 Å². The van der Waals surface area contributed by atoms with Crippen LogP contribution < -0.4 is 10.6 Å². The van der Waals surface area contributed by atoms with Crippen molar-refractivity contribution >= 4 is 44.6 Å². The maximum atomic E-state index is 12.2. The van der Waals surface area contributed by atoms with Crippen molar-refractivity contribution in [3.05, 3.63) is 59.1 Å². The second-order valence-corrected chi connectivity index (χ2v) is 8.57. The minimum absolute atomic E-state index is 0.212. The SMILES string of the molecule is CN(C)S(=O)(=O)c1cccc(NC(=S)NCCc2cccc(Cl)c2)c1. The Labute approximate surface area is 159 Å². The van der Waals surface area contributed by atoms with Crippen molar-refractivity contribution < 1.29 is 8.42 Å². The first kappa shape index (κ1) is 19.7. The molecular formula is C17H20ClN3O2S2. The summed E-state index contributed by atoms with van der Waals surface area (Å²) in [6.45, 7) is 0.641. The summed E-state index contributed by atoms with van der Waals surface area (Å²) in [5.74, 6) is 0. The quantitative estimate of drug-likeness (QED) is 0.733. The van der Waals surface area contributed by atoms with E-state index in [9.17, 15) is 8.42 Å². The Bertz CT molecular complexity index is 854. The summed E-state index contributed by atoms with van der Waals surface area (Å²) in [5, 5.41) is 7.24. The maximum Gasteiger partial charge on any atom is 0.242 e. The summed E-state index contributed by atoms with van der Waals surface area (Å²) in [6, 6.07) is 14.2. The molecule has 0 fully saturated rings. The molecular weight excluding hydrogens is 378 g/mol. The van der Waals surface area contributed by atoms with Gasteiger partial charge in [-0.1, -0.05) is 29.8 Å².